The first-order valence-electron chi connectivity index (χ1n) is 17.6. The molecule has 3 aliphatic carbocycles. The molecule has 8 nitrogen and oxygen atoms in total. The van der Waals surface area contributed by atoms with Crippen molar-refractivity contribution in [3.8, 4) is 5.75 Å². The third kappa shape index (κ3) is 5.46. The lowest BCUT2D eigenvalue weighted by atomic mass is 9.63. The normalized spacial score (nSPS) is 34.7. The Labute approximate surface area is 288 Å². The number of allylic oxidation sites excluding steroid dienone is 1. The predicted molar refractivity (Wildman–Crippen MR) is 184 cm³/mol. The van der Waals surface area contributed by atoms with Gasteiger partial charge in [-0.15, -0.1) is 0 Å². The van der Waals surface area contributed by atoms with Crippen LogP contribution in [0, 0.1) is 29.5 Å². The minimum atomic E-state index is -3.94. The molecular weight excluding hydrogens is 653 g/mol. The first kappa shape index (κ1) is 32.5. The largest absolute Gasteiger partial charge is 0.490 e. The minimum absolute atomic E-state index is 0.139. The van der Waals surface area contributed by atoms with Gasteiger partial charge in [0.2, 0.25) is 10.0 Å². The van der Waals surface area contributed by atoms with Gasteiger partial charge in [-0.05, 0) is 105 Å². The van der Waals surface area contributed by atoms with Crippen molar-refractivity contribution < 1.29 is 27.1 Å². The van der Waals surface area contributed by atoms with Gasteiger partial charge < -0.3 is 14.4 Å². The minimum Gasteiger partial charge on any atom is -0.490 e. The highest BCUT2D eigenvalue weighted by molar-refractivity contribution is 7.90. The topological polar surface area (TPSA) is 88.2 Å². The third-order valence-corrected chi connectivity index (χ3v) is 14.8. The van der Waals surface area contributed by atoms with Crippen molar-refractivity contribution in [2.45, 2.75) is 69.1 Å². The van der Waals surface area contributed by atoms with Crippen molar-refractivity contribution in [3.05, 3.63) is 69.5 Å². The molecule has 2 aromatic carbocycles. The maximum atomic E-state index is 15.5. The van der Waals surface area contributed by atoms with Crippen LogP contribution in [0.2, 0.25) is 5.02 Å². The number of rotatable bonds is 1. The summed E-state index contributed by atoms with van der Waals surface area (Å²) < 4.78 is 57.3. The van der Waals surface area contributed by atoms with Crippen LogP contribution in [0.3, 0.4) is 0 Å². The van der Waals surface area contributed by atoms with Gasteiger partial charge in [-0.1, -0.05) is 36.2 Å². The summed E-state index contributed by atoms with van der Waals surface area (Å²) in [4.78, 5) is 18.5. The average Bonchev–Trinajstić information content (AvgIpc) is 3.20. The molecule has 0 aromatic heterocycles. The Hall–Kier alpha value is -2.66. The smallest absolute Gasteiger partial charge is 0.264 e. The van der Waals surface area contributed by atoms with Gasteiger partial charge in [-0.3, -0.25) is 9.69 Å². The molecule has 1 amide bonds. The Bertz CT molecular complexity index is 1760. The number of hydrogen-bond acceptors (Lipinski definition) is 7. The number of anilines is 1. The molecule has 0 radical (unpaired) electrons. The van der Waals surface area contributed by atoms with Gasteiger partial charge in [-0.25, -0.2) is 17.5 Å². The number of fused-ring (bicyclic) bond motifs is 6. The summed E-state index contributed by atoms with van der Waals surface area (Å²) in [6.45, 7) is 8.66. The molecule has 4 heterocycles. The summed E-state index contributed by atoms with van der Waals surface area (Å²) in [6.07, 6.45) is 7.73. The number of carbonyl (C=O) groups excluding carboxylic acids is 1. The van der Waals surface area contributed by atoms with Crippen molar-refractivity contribution >= 4 is 33.2 Å². The summed E-state index contributed by atoms with van der Waals surface area (Å²) in [5.74, 6) is 0.538. The molecule has 258 valence electrons. The van der Waals surface area contributed by atoms with Crippen LogP contribution in [0.5, 0.6) is 5.75 Å². The van der Waals surface area contributed by atoms with Crippen LogP contribution < -0.4 is 14.4 Å². The number of halogens is 2. The van der Waals surface area contributed by atoms with E-state index in [0.717, 1.165) is 76.2 Å². The van der Waals surface area contributed by atoms with Gasteiger partial charge in [-0.2, -0.15) is 0 Å². The van der Waals surface area contributed by atoms with E-state index in [0.29, 0.717) is 48.8 Å². The number of sulfonamides is 1. The second-order valence-corrected chi connectivity index (χ2v) is 17.6. The average molecular weight is 698 g/mol. The second-order valence-electron chi connectivity index (χ2n) is 15.1. The Morgan fingerprint density at radius 3 is 2.65 bits per heavy atom. The van der Waals surface area contributed by atoms with Crippen LogP contribution in [0.1, 0.15) is 67.4 Å². The number of amides is 1. The van der Waals surface area contributed by atoms with Crippen LogP contribution in [-0.2, 0) is 26.6 Å². The van der Waals surface area contributed by atoms with Crippen molar-refractivity contribution in [3.63, 3.8) is 0 Å². The molecule has 1 saturated heterocycles. The van der Waals surface area contributed by atoms with Crippen molar-refractivity contribution in [1.29, 1.82) is 0 Å². The highest BCUT2D eigenvalue weighted by Crippen LogP contribution is 2.50. The van der Waals surface area contributed by atoms with Crippen LogP contribution in [0.25, 0.3) is 0 Å². The zero-order valence-electron chi connectivity index (χ0n) is 27.7. The Balaban J connectivity index is 1.22. The summed E-state index contributed by atoms with van der Waals surface area (Å²) in [5.41, 5.74) is 3.62. The Morgan fingerprint density at radius 2 is 1.90 bits per heavy atom. The molecule has 0 unspecified atom stereocenters. The van der Waals surface area contributed by atoms with E-state index in [9.17, 15) is 13.2 Å². The third-order valence-electron chi connectivity index (χ3n) is 12.6. The second kappa shape index (κ2) is 12.3. The number of morpholine rings is 1. The molecule has 11 heteroatoms. The monoisotopic (exact) mass is 697 g/mol. The lowest BCUT2D eigenvalue weighted by Gasteiger charge is -2.52. The van der Waals surface area contributed by atoms with E-state index in [4.69, 9.17) is 21.1 Å². The maximum absolute atomic E-state index is 15.5. The number of hydrogen-bond donors (Lipinski definition) is 1. The zero-order chi connectivity index (χ0) is 33.4. The lowest BCUT2D eigenvalue weighted by molar-refractivity contribution is -0.0160. The summed E-state index contributed by atoms with van der Waals surface area (Å²) >= 11 is 6.26. The van der Waals surface area contributed by atoms with Gasteiger partial charge >= 0.3 is 0 Å². The first-order valence-corrected chi connectivity index (χ1v) is 19.5. The molecular formula is C37H45ClFN3O5S. The molecule has 48 heavy (non-hydrogen) atoms. The highest BCUT2D eigenvalue weighted by atomic mass is 35.5. The number of nitrogens with one attached hydrogen (secondary N) is 1. The number of carbonyl (C=O) groups is 1. The molecule has 4 aliphatic heterocycles. The van der Waals surface area contributed by atoms with Gasteiger partial charge in [0.1, 0.15) is 11.6 Å². The number of benzene rings is 2. The Kier molecular flexibility index (Phi) is 8.33. The van der Waals surface area contributed by atoms with Crippen LogP contribution in [0.4, 0.5) is 10.1 Å². The molecule has 1 spiro atoms. The quantitative estimate of drug-likeness (QED) is 0.382. The SMILES string of the molecule is C[C@@H]1[C@@H](C)S(=O)(=O)NC(=O)c2ccc3c(c2)N(C[C@@H]2CC[C@H]2[C@@H](N2CCOCC2)C2=C[C@H]1C2)C[C@@]1(CCCc2c1ccc(Cl)c2F)CO3. The van der Waals surface area contributed by atoms with Crippen molar-refractivity contribution in [1.82, 2.24) is 9.62 Å². The van der Waals surface area contributed by atoms with Crippen molar-refractivity contribution in [2.24, 2.45) is 23.7 Å². The van der Waals surface area contributed by atoms with Crippen LogP contribution in [-0.4, -0.2) is 76.5 Å². The fourth-order valence-electron chi connectivity index (χ4n) is 9.43. The van der Waals surface area contributed by atoms with Gasteiger partial charge in [0.15, 0.2) is 0 Å². The maximum Gasteiger partial charge on any atom is 0.264 e. The molecule has 2 fully saturated rings. The number of ether oxygens (including phenoxy) is 2. The fraction of sp³-hybridized carbons (Fsp3) is 0.595. The Morgan fingerprint density at radius 1 is 1.10 bits per heavy atom. The van der Waals surface area contributed by atoms with Crippen LogP contribution in [0.15, 0.2) is 42.0 Å². The lowest BCUT2D eigenvalue weighted by Crippen LogP contribution is -2.56. The van der Waals surface area contributed by atoms with E-state index in [1.807, 2.05) is 13.0 Å². The summed E-state index contributed by atoms with van der Waals surface area (Å²) in [7, 11) is -3.94. The highest BCUT2D eigenvalue weighted by Gasteiger charge is 2.48. The van der Waals surface area contributed by atoms with Gasteiger partial charge in [0.25, 0.3) is 5.91 Å². The standard InChI is InChI=1S/C37H45ClFN3O5S/c1-22-23(2)48(44,45)40-36(43)24-6-10-33-32(18-24)42(20-37(21-47-33)11-3-4-29-30(37)8-9-31(38)34(29)39)19-25-5-7-28(25)35(27-16-26(22)17-27)41-12-14-46-15-13-41/h6,8-10,16,18,22-23,25-26,28,35H,3-5,7,11-15,17,19-21H2,1-2H3,(H,40,43)/t22-,23-,25+,26+,28-,35+,37+/m1/s1. The zero-order valence-corrected chi connectivity index (χ0v) is 29.3. The van der Waals surface area contributed by atoms with Crippen LogP contribution >= 0.6 is 11.6 Å². The van der Waals surface area contributed by atoms with E-state index in [1.165, 1.54) is 5.57 Å². The van der Waals surface area contributed by atoms with Crippen molar-refractivity contribution in [2.75, 3.05) is 50.9 Å². The molecule has 2 aromatic rings. The van der Waals surface area contributed by atoms with E-state index >= 15 is 4.39 Å². The number of nitrogens with zero attached hydrogens (tertiary/aromatic N) is 2. The molecule has 9 rings (SSSR count). The van der Waals surface area contributed by atoms with E-state index < -0.39 is 26.6 Å². The van der Waals surface area contributed by atoms with E-state index in [-0.39, 0.29) is 28.2 Å². The van der Waals surface area contributed by atoms with E-state index in [2.05, 4.69) is 20.6 Å². The van der Waals surface area contributed by atoms with E-state index in [1.54, 1.807) is 31.2 Å². The molecule has 4 bridgehead atoms. The van der Waals surface area contributed by atoms with Gasteiger partial charge in [0.05, 0.1) is 35.8 Å². The first-order chi connectivity index (χ1) is 23.0. The summed E-state index contributed by atoms with van der Waals surface area (Å²) in [6, 6.07) is 9.16. The molecule has 1 N–H and O–H groups in total. The summed E-state index contributed by atoms with van der Waals surface area (Å²) in [5, 5.41) is -0.599. The van der Waals surface area contributed by atoms with Gasteiger partial charge in [0, 0.05) is 43.2 Å². The molecule has 7 atom stereocenters. The molecule has 1 saturated carbocycles. The molecule has 7 aliphatic rings. The fourth-order valence-corrected chi connectivity index (χ4v) is 10.9. The predicted octanol–water partition coefficient (Wildman–Crippen LogP) is 5.72.